The molecule has 28 heavy (non-hydrogen) atoms. The molecule has 0 aromatic heterocycles. The predicted molar refractivity (Wildman–Crippen MR) is 106 cm³/mol. The van der Waals surface area contributed by atoms with Crippen LogP contribution in [0.15, 0.2) is 30.3 Å². The molecule has 2 rings (SSSR count). The van der Waals surface area contributed by atoms with E-state index in [0.717, 1.165) is 5.56 Å². The van der Waals surface area contributed by atoms with Crippen molar-refractivity contribution in [1.82, 2.24) is 10.2 Å². The van der Waals surface area contributed by atoms with Crippen LogP contribution >= 0.6 is 0 Å². The first kappa shape index (κ1) is 22.0. The van der Waals surface area contributed by atoms with Crippen LogP contribution in [0, 0.1) is 0 Å². The number of rotatable bonds is 6. The number of piperidine rings is 1. The minimum atomic E-state index is -0.519. The van der Waals surface area contributed by atoms with Gasteiger partial charge in [0.25, 0.3) is 0 Å². The molecule has 1 fully saturated rings. The highest BCUT2D eigenvalue weighted by molar-refractivity contribution is 5.68. The molecule has 7 nitrogen and oxygen atoms in total. The third-order valence-electron chi connectivity index (χ3n) is 4.82. The lowest BCUT2D eigenvalue weighted by atomic mass is 9.88. The van der Waals surface area contributed by atoms with Gasteiger partial charge in [-0.05, 0) is 45.6 Å². The van der Waals surface area contributed by atoms with Crippen LogP contribution in [0.25, 0.3) is 0 Å². The number of alkyl carbamates (subject to hydrolysis) is 1. The molecule has 1 heterocycles. The molecule has 1 N–H and O–H groups in total. The van der Waals surface area contributed by atoms with Gasteiger partial charge in [0.15, 0.2) is 0 Å². The fraction of sp³-hybridized carbons (Fsp3) is 0.619. The molecule has 1 aliphatic heterocycles. The van der Waals surface area contributed by atoms with E-state index in [9.17, 15) is 9.59 Å². The fourth-order valence-electron chi connectivity index (χ4n) is 3.17. The van der Waals surface area contributed by atoms with E-state index in [0.29, 0.717) is 38.9 Å². The van der Waals surface area contributed by atoms with Gasteiger partial charge >= 0.3 is 12.2 Å². The van der Waals surface area contributed by atoms with E-state index < -0.39 is 11.7 Å². The summed E-state index contributed by atoms with van der Waals surface area (Å²) in [6.07, 6.45) is 1.32. The number of hydrogen-bond donors (Lipinski definition) is 1. The van der Waals surface area contributed by atoms with E-state index in [-0.39, 0.29) is 18.3 Å². The van der Waals surface area contributed by atoms with Crippen molar-refractivity contribution in [2.45, 2.75) is 57.8 Å². The Balaban J connectivity index is 1.74. The molecule has 2 amide bonds. The summed E-state index contributed by atoms with van der Waals surface area (Å²) < 4.78 is 16.4. The van der Waals surface area contributed by atoms with Crippen molar-refractivity contribution in [3.05, 3.63) is 35.9 Å². The van der Waals surface area contributed by atoms with Gasteiger partial charge in [-0.15, -0.1) is 0 Å². The summed E-state index contributed by atoms with van der Waals surface area (Å²) >= 11 is 0. The molecule has 1 saturated heterocycles. The maximum Gasteiger partial charge on any atom is 0.410 e. The van der Waals surface area contributed by atoms with E-state index in [4.69, 9.17) is 14.2 Å². The van der Waals surface area contributed by atoms with Gasteiger partial charge in [0.05, 0.1) is 5.60 Å². The van der Waals surface area contributed by atoms with Crippen LogP contribution in [0.3, 0.4) is 0 Å². The Kier molecular flexibility index (Phi) is 7.69. The van der Waals surface area contributed by atoms with E-state index in [1.165, 1.54) is 0 Å². The molecule has 0 spiro atoms. The van der Waals surface area contributed by atoms with E-state index in [1.807, 2.05) is 51.1 Å². The zero-order valence-electron chi connectivity index (χ0n) is 17.3. The zero-order chi connectivity index (χ0) is 20.6. The van der Waals surface area contributed by atoms with Gasteiger partial charge in [-0.25, -0.2) is 9.59 Å². The molecule has 0 aliphatic carbocycles. The Morgan fingerprint density at radius 1 is 1.14 bits per heavy atom. The second kappa shape index (κ2) is 9.78. The van der Waals surface area contributed by atoms with Crippen LogP contribution in [0.2, 0.25) is 0 Å². The van der Waals surface area contributed by atoms with Crippen molar-refractivity contribution in [3.8, 4) is 0 Å². The summed E-state index contributed by atoms with van der Waals surface area (Å²) in [4.78, 5) is 25.8. The Bertz CT molecular complexity index is 634. The average Bonchev–Trinajstić information content (AvgIpc) is 2.66. The highest BCUT2D eigenvalue weighted by Crippen LogP contribution is 2.29. The lowest BCUT2D eigenvalue weighted by Gasteiger charge is -2.40. The molecule has 0 radical (unpaired) electrons. The lowest BCUT2D eigenvalue weighted by Crippen LogP contribution is -2.49. The van der Waals surface area contributed by atoms with Crippen LogP contribution in [0.4, 0.5) is 9.59 Å². The standard InChI is InChI=1S/C21H32N2O5/c1-20(2,3)28-18(24)22-13-10-21(26-4)11-14-23(15-12-21)19(25)27-16-17-8-6-5-7-9-17/h5-9H,10-16H2,1-4H3,(H,22,24). The first-order chi connectivity index (χ1) is 13.2. The third kappa shape index (κ3) is 7.03. The number of hydrogen-bond acceptors (Lipinski definition) is 5. The Hall–Kier alpha value is -2.28. The van der Waals surface area contributed by atoms with E-state index >= 15 is 0 Å². The molecule has 0 saturated carbocycles. The van der Waals surface area contributed by atoms with Crippen molar-refractivity contribution in [1.29, 1.82) is 0 Å². The molecule has 156 valence electrons. The minimum Gasteiger partial charge on any atom is -0.445 e. The smallest absolute Gasteiger partial charge is 0.410 e. The van der Waals surface area contributed by atoms with Gasteiger partial charge in [-0.1, -0.05) is 30.3 Å². The Labute approximate surface area is 167 Å². The van der Waals surface area contributed by atoms with Crippen LogP contribution in [0.1, 0.15) is 45.6 Å². The second-order valence-electron chi connectivity index (χ2n) is 8.09. The number of benzene rings is 1. The molecule has 0 atom stereocenters. The number of likely N-dealkylation sites (tertiary alicyclic amines) is 1. The Morgan fingerprint density at radius 3 is 2.36 bits per heavy atom. The molecule has 7 heteroatoms. The van der Waals surface area contributed by atoms with Crippen LogP contribution < -0.4 is 5.32 Å². The third-order valence-corrected chi connectivity index (χ3v) is 4.82. The molecule has 0 bridgehead atoms. The predicted octanol–water partition coefficient (Wildman–Crippen LogP) is 3.72. The Morgan fingerprint density at radius 2 is 1.79 bits per heavy atom. The summed E-state index contributed by atoms with van der Waals surface area (Å²) in [6, 6.07) is 9.62. The number of nitrogens with zero attached hydrogens (tertiary/aromatic N) is 1. The van der Waals surface area contributed by atoms with Crippen LogP contribution in [-0.4, -0.2) is 55.0 Å². The molecular formula is C21H32N2O5. The number of carbonyl (C=O) groups is 2. The van der Waals surface area contributed by atoms with Crippen molar-refractivity contribution >= 4 is 12.2 Å². The molecular weight excluding hydrogens is 360 g/mol. The van der Waals surface area contributed by atoms with Crippen molar-refractivity contribution in [2.24, 2.45) is 0 Å². The summed E-state index contributed by atoms with van der Waals surface area (Å²) in [5.74, 6) is 0. The van der Waals surface area contributed by atoms with Gasteiger partial charge in [-0.2, -0.15) is 0 Å². The van der Waals surface area contributed by atoms with E-state index in [2.05, 4.69) is 5.32 Å². The number of carbonyl (C=O) groups excluding carboxylic acids is 2. The average molecular weight is 392 g/mol. The maximum absolute atomic E-state index is 12.3. The van der Waals surface area contributed by atoms with Gasteiger partial charge in [0.1, 0.15) is 12.2 Å². The van der Waals surface area contributed by atoms with Crippen LogP contribution in [-0.2, 0) is 20.8 Å². The summed E-state index contributed by atoms with van der Waals surface area (Å²) in [5, 5.41) is 2.77. The fourth-order valence-corrected chi connectivity index (χ4v) is 3.17. The van der Waals surface area contributed by atoms with Gasteiger partial charge in [0.2, 0.25) is 0 Å². The summed E-state index contributed by atoms with van der Waals surface area (Å²) in [7, 11) is 1.68. The number of nitrogens with one attached hydrogen (secondary N) is 1. The zero-order valence-corrected chi connectivity index (χ0v) is 17.3. The van der Waals surface area contributed by atoms with Gasteiger partial charge < -0.3 is 24.4 Å². The van der Waals surface area contributed by atoms with Crippen LogP contribution in [0.5, 0.6) is 0 Å². The highest BCUT2D eigenvalue weighted by Gasteiger charge is 2.36. The van der Waals surface area contributed by atoms with E-state index in [1.54, 1.807) is 12.0 Å². The normalized spacial score (nSPS) is 16.4. The van der Waals surface area contributed by atoms with Crippen molar-refractivity contribution < 1.29 is 23.8 Å². The maximum atomic E-state index is 12.3. The molecule has 1 aliphatic rings. The first-order valence-electron chi connectivity index (χ1n) is 9.71. The SMILES string of the molecule is COC1(CCNC(=O)OC(C)(C)C)CCN(C(=O)OCc2ccccc2)CC1. The number of ether oxygens (including phenoxy) is 3. The van der Waals surface area contributed by atoms with Gasteiger partial charge in [0, 0.05) is 26.7 Å². The monoisotopic (exact) mass is 392 g/mol. The van der Waals surface area contributed by atoms with Crippen molar-refractivity contribution in [2.75, 3.05) is 26.7 Å². The second-order valence-corrected chi connectivity index (χ2v) is 8.09. The topological polar surface area (TPSA) is 77.1 Å². The molecule has 1 aromatic rings. The highest BCUT2D eigenvalue weighted by atomic mass is 16.6. The first-order valence-corrected chi connectivity index (χ1v) is 9.71. The van der Waals surface area contributed by atoms with Gasteiger partial charge in [-0.3, -0.25) is 0 Å². The quantitative estimate of drug-likeness (QED) is 0.798. The summed E-state index contributed by atoms with van der Waals surface area (Å²) in [6.45, 7) is 7.34. The minimum absolute atomic E-state index is 0.269. The van der Waals surface area contributed by atoms with Crippen molar-refractivity contribution in [3.63, 3.8) is 0 Å². The number of amides is 2. The number of methoxy groups -OCH3 is 1. The largest absolute Gasteiger partial charge is 0.445 e. The molecule has 0 unspecified atom stereocenters. The molecule has 1 aromatic carbocycles. The lowest BCUT2D eigenvalue weighted by molar-refractivity contribution is -0.0602. The summed E-state index contributed by atoms with van der Waals surface area (Å²) in [5.41, 5.74) is 0.0898.